The van der Waals surface area contributed by atoms with E-state index in [1.165, 1.54) is 10.6 Å². The normalized spacial score (nSPS) is 12.1. The van der Waals surface area contributed by atoms with E-state index in [2.05, 4.69) is 69.3 Å². The van der Waals surface area contributed by atoms with Gasteiger partial charge in [0.25, 0.3) is 0 Å². The van der Waals surface area contributed by atoms with Crippen molar-refractivity contribution in [3.63, 3.8) is 0 Å². The van der Waals surface area contributed by atoms with Crippen LogP contribution < -0.4 is 29.6 Å². The van der Waals surface area contributed by atoms with Crippen LogP contribution in [0.25, 0.3) is 22.3 Å². The molecule has 0 amide bonds. The first-order valence-electron chi connectivity index (χ1n) is 12.3. The predicted octanol–water partition coefficient (Wildman–Crippen LogP) is 7.29. The van der Waals surface area contributed by atoms with Gasteiger partial charge in [-0.1, -0.05) is 81.4 Å². The van der Waals surface area contributed by atoms with Crippen molar-refractivity contribution in [3.05, 3.63) is 84.9 Å². The van der Waals surface area contributed by atoms with E-state index in [9.17, 15) is 0 Å². The van der Waals surface area contributed by atoms with Crippen LogP contribution >= 0.6 is 7.92 Å². The highest BCUT2D eigenvalue weighted by atomic mass is 31.1. The van der Waals surface area contributed by atoms with Crippen LogP contribution in [-0.2, 0) is 0 Å². The van der Waals surface area contributed by atoms with Crippen molar-refractivity contribution in [2.75, 3.05) is 28.4 Å². The third kappa shape index (κ3) is 5.17. The van der Waals surface area contributed by atoms with E-state index in [4.69, 9.17) is 18.9 Å². The summed E-state index contributed by atoms with van der Waals surface area (Å²) in [6.45, 7) is 6.93. The average molecular weight is 515 g/mol. The first-order chi connectivity index (χ1) is 17.8. The molecular weight excluding hydrogens is 479 g/mol. The molecule has 0 aliphatic heterocycles. The summed E-state index contributed by atoms with van der Waals surface area (Å²) in [4.78, 5) is 0. The second-order valence-electron chi connectivity index (χ2n) is 9.62. The zero-order chi connectivity index (χ0) is 26.6. The van der Waals surface area contributed by atoms with Crippen molar-refractivity contribution in [1.29, 1.82) is 0 Å². The molecule has 4 aromatic rings. The fraction of sp³-hybridized carbons (Fsp3) is 0.250. The van der Waals surface area contributed by atoms with E-state index >= 15 is 0 Å². The minimum Gasteiger partial charge on any atom is -0.496 e. The Morgan fingerprint density at radius 2 is 0.865 bits per heavy atom. The van der Waals surface area contributed by atoms with Crippen LogP contribution in [0.2, 0.25) is 0 Å². The van der Waals surface area contributed by atoms with E-state index < -0.39 is 7.92 Å². The summed E-state index contributed by atoms with van der Waals surface area (Å²) in [5, 5.41) is 2.45. The molecular formula is C32H35O4P. The maximum atomic E-state index is 5.88. The molecule has 0 saturated carbocycles. The molecule has 4 rings (SSSR count). The molecule has 0 N–H and O–H groups in total. The molecule has 0 radical (unpaired) electrons. The number of hydrogen-bond donors (Lipinski definition) is 0. The van der Waals surface area contributed by atoms with Crippen molar-refractivity contribution in [2.24, 2.45) is 0 Å². The van der Waals surface area contributed by atoms with Gasteiger partial charge >= 0.3 is 0 Å². The van der Waals surface area contributed by atoms with Gasteiger partial charge in [-0.25, -0.2) is 0 Å². The van der Waals surface area contributed by atoms with Gasteiger partial charge in [0.15, 0.2) is 0 Å². The Morgan fingerprint density at radius 1 is 0.486 bits per heavy atom. The summed E-state index contributed by atoms with van der Waals surface area (Å²) in [5.41, 5.74) is 4.02. The Kier molecular flexibility index (Phi) is 8.10. The molecule has 5 heteroatoms. The summed E-state index contributed by atoms with van der Waals surface area (Å²) >= 11 is 0. The molecule has 0 spiro atoms. The Balaban J connectivity index is 2.21. The number of rotatable bonds is 8. The van der Waals surface area contributed by atoms with Crippen LogP contribution in [0.1, 0.15) is 20.8 Å². The first kappa shape index (κ1) is 26.6. The predicted molar refractivity (Wildman–Crippen MR) is 156 cm³/mol. The second-order valence-corrected chi connectivity index (χ2v) is 12.6. The van der Waals surface area contributed by atoms with Crippen LogP contribution in [0.15, 0.2) is 84.9 Å². The fourth-order valence-corrected chi connectivity index (χ4v) is 7.88. The van der Waals surface area contributed by atoms with Gasteiger partial charge in [-0.3, -0.25) is 0 Å². The molecule has 0 heterocycles. The van der Waals surface area contributed by atoms with Crippen LogP contribution in [0, 0.1) is 0 Å². The number of methoxy groups -OCH3 is 4. The second kappa shape index (κ2) is 11.3. The van der Waals surface area contributed by atoms with Crippen LogP contribution in [0.5, 0.6) is 23.0 Å². The Labute approximate surface area is 221 Å². The van der Waals surface area contributed by atoms with Gasteiger partial charge in [0.05, 0.1) is 39.6 Å². The van der Waals surface area contributed by atoms with Crippen LogP contribution in [0.4, 0.5) is 0 Å². The van der Waals surface area contributed by atoms with Gasteiger partial charge in [0.1, 0.15) is 23.0 Å². The van der Waals surface area contributed by atoms with E-state index in [0.717, 1.165) is 45.3 Å². The lowest BCUT2D eigenvalue weighted by atomic mass is 9.96. The first-order valence-corrected chi connectivity index (χ1v) is 13.6. The smallest absolute Gasteiger partial charge is 0.130 e. The lowest BCUT2D eigenvalue weighted by Crippen LogP contribution is -2.29. The molecule has 1 atom stereocenters. The van der Waals surface area contributed by atoms with Gasteiger partial charge in [0.2, 0.25) is 0 Å². The van der Waals surface area contributed by atoms with Gasteiger partial charge in [0, 0.05) is 0 Å². The van der Waals surface area contributed by atoms with Gasteiger partial charge in [-0.2, -0.15) is 0 Å². The highest BCUT2D eigenvalue weighted by Crippen LogP contribution is 2.54. The molecule has 0 saturated heterocycles. The third-order valence-electron chi connectivity index (χ3n) is 6.34. The molecule has 37 heavy (non-hydrogen) atoms. The maximum Gasteiger partial charge on any atom is 0.130 e. The fourth-order valence-electron chi connectivity index (χ4n) is 4.85. The summed E-state index contributed by atoms with van der Waals surface area (Å²) in [6, 6.07) is 29.1. The Morgan fingerprint density at radius 3 is 1.22 bits per heavy atom. The maximum absolute atomic E-state index is 5.88. The van der Waals surface area contributed by atoms with E-state index in [1.807, 2.05) is 36.4 Å². The molecule has 0 aliphatic carbocycles. The van der Waals surface area contributed by atoms with Gasteiger partial charge < -0.3 is 18.9 Å². The highest BCUT2D eigenvalue weighted by Gasteiger charge is 2.34. The van der Waals surface area contributed by atoms with Gasteiger partial charge in [-0.05, 0) is 59.1 Å². The molecule has 4 nitrogen and oxygen atoms in total. The number of benzene rings is 4. The minimum absolute atomic E-state index is 0.0635. The van der Waals surface area contributed by atoms with Crippen molar-refractivity contribution in [3.8, 4) is 45.3 Å². The molecule has 0 fully saturated rings. The minimum atomic E-state index is -0.873. The van der Waals surface area contributed by atoms with Crippen LogP contribution in [0.3, 0.4) is 0 Å². The summed E-state index contributed by atoms with van der Waals surface area (Å²) in [5.74, 6) is 3.06. The van der Waals surface area contributed by atoms with E-state index in [1.54, 1.807) is 28.4 Å². The third-order valence-corrected chi connectivity index (χ3v) is 9.42. The summed E-state index contributed by atoms with van der Waals surface area (Å²) in [7, 11) is 5.94. The average Bonchev–Trinajstić information content (AvgIpc) is 2.92. The van der Waals surface area contributed by atoms with Gasteiger partial charge in [-0.15, -0.1) is 0 Å². The van der Waals surface area contributed by atoms with Crippen molar-refractivity contribution >= 4 is 18.5 Å². The van der Waals surface area contributed by atoms with Crippen molar-refractivity contribution < 1.29 is 18.9 Å². The van der Waals surface area contributed by atoms with E-state index in [-0.39, 0.29) is 5.16 Å². The number of hydrogen-bond acceptors (Lipinski definition) is 4. The highest BCUT2D eigenvalue weighted by molar-refractivity contribution is 7.74. The molecule has 0 aliphatic rings. The molecule has 4 aromatic carbocycles. The summed E-state index contributed by atoms with van der Waals surface area (Å²) in [6.07, 6.45) is 0. The molecule has 0 aromatic heterocycles. The molecule has 192 valence electrons. The van der Waals surface area contributed by atoms with Crippen molar-refractivity contribution in [2.45, 2.75) is 25.9 Å². The lowest BCUT2D eigenvalue weighted by Gasteiger charge is -2.36. The topological polar surface area (TPSA) is 36.9 Å². The quantitative estimate of drug-likeness (QED) is 0.232. The molecule has 0 bridgehead atoms. The number of ether oxygens (including phenoxy) is 4. The van der Waals surface area contributed by atoms with Crippen LogP contribution in [-0.4, -0.2) is 33.6 Å². The largest absolute Gasteiger partial charge is 0.496 e. The zero-order valence-electron chi connectivity index (χ0n) is 22.7. The van der Waals surface area contributed by atoms with E-state index in [0.29, 0.717) is 0 Å². The monoisotopic (exact) mass is 514 g/mol. The Bertz CT molecular complexity index is 1240. The standard InChI is InChI=1S/C32H35O4P/c1-32(2,3)37(22-14-9-8-10-15-22)31-23(29-25(33-4)18-12-19-26(29)34-5)16-11-17-24(31)30-27(35-6)20-13-21-28(30)36-7/h8-21H,1-7H3. The molecule has 1 unspecified atom stereocenters. The SMILES string of the molecule is COc1cccc(OC)c1-c1cccc(-c2c(OC)cccc2OC)c1P(c1ccccc1)C(C)(C)C. The summed E-state index contributed by atoms with van der Waals surface area (Å²) < 4.78 is 23.5. The lowest BCUT2D eigenvalue weighted by molar-refractivity contribution is 0.397. The Hall–Kier alpha value is -3.49. The van der Waals surface area contributed by atoms with Crippen molar-refractivity contribution in [1.82, 2.24) is 0 Å². The zero-order valence-corrected chi connectivity index (χ0v) is 23.6.